The average molecular weight is 252 g/mol. The number of nitrogens with one attached hydrogen (secondary N) is 1. The molecule has 2 aliphatic heterocycles. The molecule has 2 atom stereocenters. The van der Waals surface area contributed by atoms with E-state index in [2.05, 4.69) is 16.3 Å². The van der Waals surface area contributed by atoms with E-state index in [1.807, 2.05) is 0 Å². The third kappa shape index (κ3) is 2.20. The average Bonchev–Trinajstić information content (AvgIpc) is 2.68. The van der Waals surface area contributed by atoms with Gasteiger partial charge in [-0.1, -0.05) is 0 Å². The minimum atomic E-state index is 0.338. The molecule has 1 aromatic rings. The van der Waals surface area contributed by atoms with Crippen molar-refractivity contribution < 1.29 is 0 Å². The number of rotatable bonds is 1. The number of nitrogens with zero attached hydrogens (tertiary/aromatic N) is 1. The van der Waals surface area contributed by atoms with Crippen LogP contribution in [0.25, 0.3) is 0 Å². The molecule has 17 heavy (non-hydrogen) atoms. The number of nitrogen functional groups attached to an aromatic ring is 1. The van der Waals surface area contributed by atoms with E-state index in [4.69, 9.17) is 11.5 Å². The molecule has 1 aromatic heterocycles. The third-order valence-corrected chi connectivity index (χ3v) is 4.75. The first kappa shape index (κ1) is 11.5. The summed E-state index contributed by atoms with van der Waals surface area (Å²) in [5.74, 6) is 0. The molecular formula is C12H20N4S. The highest BCUT2D eigenvalue weighted by atomic mass is 32.1. The van der Waals surface area contributed by atoms with Gasteiger partial charge in [0.2, 0.25) is 0 Å². The van der Waals surface area contributed by atoms with Crippen molar-refractivity contribution in [3.05, 3.63) is 16.5 Å². The normalized spacial score (nSPS) is 30.2. The van der Waals surface area contributed by atoms with E-state index in [1.165, 1.54) is 16.9 Å². The van der Waals surface area contributed by atoms with Crippen molar-refractivity contribution in [2.75, 3.05) is 25.4 Å². The fraction of sp³-hybridized carbons (Fsp3) is 0.667. The van der Waals surface area contributed by atoms with Crippen LogP contribution >= 0.6 is 11.3 Å². The van der Waals surface area contributed by atoms with Crippen LogP contribution in [-0.2, 0) is 6.54 Å². The molecule has 5 heteroatoms. The van der Waals surface area contributed by atoms with Crippen molar-refractivity contribution >= 4 is 16.3 Å². The fourth-order valence-corrected chi connectivity index (χ4v) is 3.92. The number of nitrogens with two attached hydrogens (primary N) is 2. The lowest BCUT2D eigenvalue weighted by molar-refractivity contribution is 0.142. The Bertz CT molecular complexity index is 403. The van der Waals surface area contributed by atoms with Gasteiger partial charge in [0.15, 0.2) is 0 Å². The SMILES string of the molecule is Nc1cc2c(s1)CNCC2N1CCCC(N)C1. The lowest BCUT2D eigenvalue weighted by Gasteiger charge is -2.39. The monoisotopic (exact) mass is 252 g/mol. The molecule has 0 bridgehead atoms. The van der Waals surface area contributed by atoms with E-state index in [-0.39, 0.29) is 0 Å². The first-order valence-corrected chi connectivity index (χ1v) is 7.14. The minimum Gasteiger partial charge on any atom is -0.391 e. The van der Waals surface area contributed by atoms with Crippen LogP contribution in [0, 0.1) is 0 Å². The molecule has 3 heterocycles. The number of anilines is 1. The molecule has 5 N–H and O–H groups in total. The summed E-state index contributed by atoms with van der Waals surface area (Å²) < 4.78 is 0. The maximum absolute atomic E-state index is 6.07. The van der Waals surface area contributed by atoms with Crippen LogP contribution in [0.3, 0.4) is 0 Å². The Morgan fingerprint density at radius 3 is 3.18 bits per heavy atom. The lowest BCUT2D eigenvalue weighted by atomic mass is 9.98. The van der Waals surface area contributed by atoms with Crippen LogP contribution in [0.15, 0.2) is 6.07 Å². The van der Waals surface area contributed by atoms with Crippen molar-refractivity contribution in [2.24, 2.45) is 5.73 Å². The third-order valence-electron chi connectivity index (χ3n) is 3.77. The maximum Gasteiger partial charge on any atom is 0.0863 e. The quantitative estimate of drug-likeness (QED) is 0.694. The topological polar surface area (TPSA) is 67.3 Å². The van der Waals surface area contributed by atoms with E-state index < -0.39 is 0 Å². The first-order chi connectivity index (χ1) is 8.24. The molecule has 2 unspecified atom stereocenters. The van der Waals surface area contributed by atoms with Crippen molar-refractivity contribution in [1.82, 2.24) is 10.2 Å². The summed E-state index contributed by atoms with van der Waals surface area (Å²) in [6, 6.07) is 2.97. The Morgan fingerprint density at radius 1 is 1.47 bits per heavy atom. The molecule has 0 saturated carbocycles. The van der Waals surface area contributed by atoms with Gasteiger partial charge < -0.3 is 16.8 Å². The summed E-state index contributed by atoms with van der Waals surface area (Å²) >= 11 is 1.72. The molecule has 0 amide bonds. The summed E-state index contributed by atoms with van der Waals surface area (Å²) in [7, 11) is 0. The van der Waals surface area contributed by atoms with Gasteiger partial charge in [0, 0.05) is 36.6 Å². The van der Waals surface area contributed by atoms with Crippen molar-refractivity contribution in [3.63, 3.8) is 0 Å². The van der Waals surface area contributed by atoms with E-state index in [1.54, 1.807) is 11.3 Å². The molecule has 4 nitrogen and oxygen atoms in total. The molecule has 0 aromatic carbocycles. The van der Waals surface area contributed by atoms with Gasteiger partial charge in [-0.3, -0.25) is 4.90 Å². The Kier molecular flexibility index (Phi) is 3.08. The van der Waals surface area contributed by atoms with Crippen LogP contribution in [0.2, 0.25) is 0 Å². The van der Waals surface area contributed by atoms with Crippen LogP contribution in [0.4, 0.5) is 5.00 Å². The molecular weight excluding hydrogens is 232 g/mol. The van der Waals surface area contributed by atoms with Gasteiger partial charge in [-0.2, -0.15) is 0 Å². The Balaban J connectivity index is 1.84. The Morgan fingerprint density at radius 2 is 2.35 bits per heavy atom. The molecule has 2 aliphatic rings. The van der Waals surface area contributed by atoms with Gasteiger partial charge in [-0.25, -0.2) is 0 Å². The summed E-state index contributed by atoms with van der Waals surface area (Å²) in [5, 5.41) is 4.42. The highest BCUT2D eigenvalue weighted by Gasteiger charge is 2.30. The Labute approximate surface area is 106 Å². The molecule has 0 aliphatic carbocycles. The van der Waals surface area contributed by atoms with E-state index in [0.717, 1.165) is 37.6 Å². The lowest BCUT2D eigenvalue weighted by Crippen LogP contribution is -2.48. The first-order valence-electron chi connectivity index (χ1n) is 6.32. The summed E-state index contributed by atoms with van der Waals surface area (Å²) in [6.07, 6.45) is 2.38. The summed E-state index contributed by atoms with van der Waals surface area (Å²) in [5.41, 5.74) is 13.4. The number of hydrogen-bond acceptors (Lipinski definition) is 5. The van der Waals surface area contributed by atoms with E-state index in [9.17, 15) is 0 Å². The fourth-order valence-electron chi connectivity index (χ4n) is 2.97. The molecule has 0 spiro atoms. The van der Waals surface area contributed by atoms with Gasteiger partial charge in [0.05, 0.1) is 5.00 Å². The molecule has 3 rings (SSSR count). The Hall–Kier alpha value is -0.620. The van der Waals surface area contributed by atoms with Crippen molar-refractivity contribution in [3.8, 4) is 0 Å². The van der Waals surface area contributed by atoms with E-state index in [0.29, 0.717) is 12.1 Å². The highest BCUT2D eigenvalue weighted by molar-refractivity contribution is 7.16. The smallest absolute Gasteiger partial charge is 0.0863 e. The van der Waals surface area contributed by atoms with Gasteiger partial charge in [0.25, 0.3) is 0 Å². The number of fused-ring (bicyclic) bond motifs is 1. The van der Waals surface area contributed by atoms with Crippen molar-refractivity contribution in [2.45, 2.75) is 31.5 Å². The largest absolute Gasteiger partial charge is 0.391 e. The number of thiophene rings is 1. The van der Waals surface area contributed by atoms with Crippen LogP contribution in [0.5, 0.6) is 0 Å². The van der Waals surface area contributed by atoms with Gasteiger partial charge in [0.1, 0.15) is 0 Å². The van der Waals surface area contributed by atoms with Crippen LogP contribution in [-0.4, -0.2) is 30.6 Å². The number of hydrogen-bond donors (Lipinski definition) is 3. The zero-order valence-electron chi connectivity index (χ0n) is 9.98. The van der Waals surface area contributed by atoms with Crippen LogP contribution < -0.4 is 16.8 Å². The minimum absolute atomic E-state index is 0.338. The predicted molar refractivity (Wildman–Crippen MR) is 72.0 cm³/mol. The second kappa shape index (κ2) is 4.57. The molecule has 1 saturated heterocycles. The second-order valence-corrected chi connectivity index (χ2v) is 6.24. The summed E-state index contributed by atoms with van der Waals surface area (Å²) in [6.45, 7) is 4.17. The molecule has 94 valence electrons. The van der Waals surface area contributed by atoms with Gasteiger partial charge >= 0.3 is 0 Å². The van der Waals surface area contributed by atoms with Crippen LogP contribution in [0.1, 0.15) is 29.3 Å². The second-order valence-electron chi connectivity index (χ2n) is 5.07. The number of likely N-dealkylation sites (tertiary alicyclic amines) is 1. The summed E-state index contributed by atoms with van der Waals surface area (Å²) in [4.78, 5) is 3.92. The zero-order valence-corrected chi connectivity index (χ0v) is 10.8. The molecule has 1 fully saturated rings. The number of piperidine rings is 1. The molecule has 0 radical (unpaired) electrons. The predicted octanol–water partition coefficient (Wildman–Crippen LogP) is 0.898. The van der Waals surface area contributed by atoms with Crippen molar-refractivity contribution in [1.29, 1.82) is 0 Å². The van der Waals surface area contributed by atoms with E-state index >= 15 is 0 Å². The van der Waals surface area contributed by atoms with Gasteiger partial charge in [-0.15, -0.1) is 11.3 Å². The zero-order chi connectivity index (χ0) is 11.8. The highest BCUT2D eigenvalue weighted by Crippen LogP contribution is 2.35. The standard InChI is InChI=1S/C12H20N4S/c13-8-2-1-3-16(7-8)10-5-15-6-11-9(10)4-12(14)17-11/h4,8,10,15H,1-3,5-7,13-14H2. The van der Waals surface area contributed by atoms with Gasteiger partial charge in [-0.05, 0) is 31.0 Å². The maximum atomic E-state index is 6.07.